The average Bonchev–Trinajstić information content (AvgIpc) is 2.95. The van der Waals surface area contributed by atoms with Crippen molar-refractivity contribution in [3.63, 3.8) is 0 Å². The number of methoxy groups -OCH3 is 1. The fraction of sp³-hybridized carbons (Fsp3) is 0.353. The number of hydrogen-bond donors (Lipinski definition) is 0. The van der Waals surface area contributed by atoms with Gasteiger partial charge in [-0.3, -0.25) is 4.90 Å². The molecule has 5 heteroatoms. The Hall–Kier alpha value is -2.14. The zero-order valence-corrected chi connectivity index (χ0v) is 12.8. The van der Waals surface area contributed by atoms with E-state index in [0.29, 0.717) is 18.8 Å². The van der Waals surface area contributed by atoms with E-state index in [0.717, 1.165) is 18.5 Å². The van der Waals surface area contributed by atoms with Gasteiger partial charge in [-0.25, -0.2) is 9.18 Å². The van der Waals surface area contributed by atoms with E-state index in [9.17, 15) is 9.18 Å². The quantitative estimate of drug-likeness (QED) is 0.733. The molecule has 0 saturated carbocycles. The van der Waals surface area contributed by atoms with Crippen molar-refractivity contribution in [2.45, 2.75) is 26.4 Å². The van der Waals surface area contributed by atoms with Gasteiger partial charge in [0.15, 0.2) is 0 Å². The molecule has 0 N–H and O–H groups in total. The minimum absolute atomic E-state index is 0.194. The van der Waals surface area contributed by atoms with E-state index >= 15 is 0 Å². The van der Waals surface area contributed by atoms with Crippen molar-refractivity contribution in [1.29, 1.82) is 0 Å². The van der Waals surface area contributed by atoms with Crippen molar-refractivity contribution in [2.75, 3.05) is 13.7 Å². The first-order chi connectivity index (χ1) is 10.6. The van der Waals surface area contributed by atoms with Gasteiger partial charge in [-0.05, 0) is 42.8 Å². The largest absolute Gasteiger partial charge is 0.463 e. The summed E-state index contributed by atoms with van der Waals surface area (Å²) in [5.74, 6) is 0.156. The van der Waals surface area contributed by atoms with Crippen LogP contribution in [0.2, 0.25) is 0 Å². The van der Waals surface area contributed by atoms with Gasteiger partial charge in [-0.15, -0.1) is 0 Å². The van der Waals surface area contributed by atoms with Crippen LogP contribution in [0, 0.1) is 5.82 Å². The predicted octanol–water partition coefficient (Wildman–Crippen LogP) is 3.62. The van der Waals surface area contributed by atoms with Crippen LogP contribution in [0.3, 0.4) is 0 Å². The van der Waals surface area contributed by atoms with E-state index in [-0.39, 0.29) is 11.6 Å². The summed E-state index contributed by atoms with van der Waals surface area (Å²) in [6.45, 7) is 4.12. The van der Waals surface area contributed by atoms with Crippen LogP contribution in [0.15, 0.2) is 40.8 Å². The van der Waals surface area contributed by atoms with Crippen LogP contribution in [-0.2, 0) is 17.8 Å². The fourth-order valence-electron chi connectivity index (χ4n) is 2.32. The minimum Gasteiger partial charge on any atom is -0.463 e. The molecule has 0 aliphatic carbocycles. The van der Waals surface area contributed by atoms with Gasteiger partial charge in [0.2, 0.25) is 5.76 Å². The summed E-state index contributed by atoms with van der Waals surface area (Å²) in [5, 5.41) is 0. The molecule has 0 unspecified atom stereocenters. The maximum Gasteiger partial charge on any atom is 0.373 e. The Morgan fingerprint density at radius 2 is 2.09 bits per heavy atom. The summed E-state index contributed by atoms with van der Waals surface area (Å²) in [4.78, 5) is 13.5. The van der Waals surface area contributed by atoms with Crippen LogP contribution >= 0.6 is 0 Å². The van der Waals surface area contributed by atoms with Crippen molar-refractivity contribution >= 4 is 5.97 Å². The first-order valence-electron chi connectivity index (χ1n) is 7.26. The summed E-state index contributed by atoms with van der Waals surface area (Å²) >= 11 is 0. The number of carbonyl (C=O) groups is 1. The van der Waals surface area contributed by atoms with E-state index < -0.39 is 5.97 Å². The van der Waals surface area contributed by atoms with E-state index in [2.05, 4.69) is 16.6 Å². The smallest absolute Gasteiger partial charge is 0.373 e. The highest BCUT2D eigenvalue weighted by molar-refractivity contribution is 5.86. The molecule has 0 atom stereocenters. The van der Waals surface area contributed by atoms with Crippen molar-refractivity contribution in [3.05, 3.63) is 59.3 Å². The first kappa shape index (κ1) is 16.2. The Morgan fingerprint density at radius 1 is 1.27 bits per heavy atom. The van der Waals surface area contributed by atoms with Gasteiger partial charge in [-0.2, -0.15) is 0 Å². The lowest BCUT2D eigenvalue weighted by Gasteiger charge is -2.20. The third-order valence-corrected chi connectivity index (χ3v) is 3.26. The number of carbonyl (C=O) groups excluding carboxylic acids is 1. The maximum atomic E-state index is 13.3. The molecule has 0 spiro atoms. The second-order valence-electron chi connectivity index (χ2n) is 5.10. The van der Waals surface area contributed by atoms with Gasteiger partial charge in [0.05, 0.1) is 13.7 Å². The molecule has 1 aromatic carbocycles. The Balaban J connectivity index is 2.05. The van der Waals surface area contributed by atoms with Crippen molar-refractivity contribution in [3.8, 4) is 0 Å². The van der Waals surface area contributed by atoms with Crippen molar-refractivity contribution in [2.24, 2.45) is 0 Å². The second kappa shape index (κ2) is 7.75. The van der Waals surface area contributed by atoms with Gasteiger partial charge in [0.25, 0.3) is 0 Å². The van der Waals surface area contributed by atoms with E-state index in [1.807, 2.05) is 6.07 Å². The van der Waals surface area contributed by atoms with Gasteiger partial charge < -0.3 is 9.15 Å². The molecule has 1 aromatic heterocycles. The molecule has 22 heavy (non-hydrogen) atoms. The highest BCUT2D eigenvalue weighted by Crippen LogP contribution is 2.15. The normalized spacial score (nSPS) is 10.9. The highest BCUT2D eigenvalue weighted by atomic mass is 19.1. The molecule has 0 amide bonds. The topological polar surface area (TPSA) is 42.7 Å². The number of furan rings is 1. The molecule has 0 saturated heterocycles. The third-order valence-electron chi connectivity index (χ3n) is 3.26. The predicted molar refractivity (Wildman–Crippen MR) is 80.9 cm³/mol. The molecule has 4 nitrogen and oxygen atoms in total. The van der Waals surface area contributed by atoms with Gasteiger partial charge in [0, 0.05) is 6.54 Å². The zero-order chi connectivity index (χ0) is 15.9. The number of esters is 1. The molecular formula is C17H20FNO3. The van der Waals surface area contributed by atoms with Crippen LogP contribution in [-0.4, -0.2) is 24.5 Å². The summed E-state index contributed by atoms with van der Waals surface area (Å²) in [7, 11) is 1.32. The van der Waals surface area contributed by atoms with Crippen LogP contribution < -0.4 is 0 Å². The van der Waals surface area contributed by atoms with Crippen molar-refractivity contribution < 1.29 is 18.3 Å². The minimum atomic E-state index is -0.488. The van der Waals surface area contributed by atoms with Crippen molar-refractivity contribution in [1.82, 2.24) is 4.90 Å². The number of rotatable bonds is 7. The van der Waals surface area contributed by atoms with E-state index in [4.69, 9.17) is 4.42 Å². The molecule has 0 aliphatic rings. The number of hydrogen-bond acceptors (Lipinski definition) is 4. The lowest BCUT2D eigenvalue weighted by molar-refractivity contribution is 0.0561. The first-order valence-corrected chi connectivity index (χ1v) is 7.26. The van der Waals surface area contributed by atoms with Gasteiger partial charge in [0.1, 0.15) is 11.6 Å². The summed E-state index contributed by atoms with van der Waals surface area (Å²) in [6, 6.07) is 9.94. The van der Waals surface area contributed by atoms with Crippen LogP contribution in [0.1, 0.15) is 35.2 Å². The Morgan fingerprint density at radius 3 is 2.77 bits per heavy atom. The van der Waals surface area contributed by atoms with Crippen LogP contribution in [0.5, 0.6) is 0 Å². The van der Waals surface area contributed by atoms with Crippen LogP contribution in [0.25, 0.3) is 0 Å². The molecule has 2 rings (SSSR count). The van der Waals surface area contributed by atoms with Gasteiger partial charge >= 0.3 is 5.97 Å². The lowest BCUT2D eigenvalue weighted by Crippen LogP contribution is -2.23. The summed E-state index contributed by atoms with van der Waals surface area (Å²) in [6.07, 6.45) is 0.972. The Bertz CT molecular complexity index is 624. The number of nitrogens with zero attached hydrogens (tertiary/aromatic N) is 1. The molecule has 0 radical (unpaired) electrons. The molecule has 2 aromatic rings. The van der Waals surface area contributed by atoms with Crippen LogP contribution in [0.4, 0.5) is 4.39 Å². The Kier molecular flexibility index (Phi) is 5.72. The number of benzene rings is 1. The Labute approximate surface area is 129 Å². The molecule has 118 valence electrons. The molecule has 1 heterocycles. The molecule has 0 fully saturated rings. The highest BCUT2D eigenvalue weighted by Gasteiger charge is 2.14. The van der Waals surface area contributed by atoms with E-state index in [1.54, 1.807) is 18.2 Å². The molecule has 0 aliphatic heterocycles. The van der Waals surface area contributed by atoms with Gasteiger partial charge in [-0.1, -0.05) is 19.1 Å². The standard InChI is InChI=1S/C17H20FNO3/c1-3-9-19(11-13-5-4-6-14(18)10-13)12-15-7-8-16(22-15)17(20)21-2/h4-8,10H,3,9,11-12H2,1-2H3. The maximum absolute atomic E-state index is 13.3. The summed E-state index contributed by atoms with van der Waals surface area (Å²) in [5.41, 5.74) is 0.910. The number of ether oxygens (including phenoxy) is 1. The third kappa shape index (κ3) is 4.43. The van der Waals surface area contributed by atoms with E-state index in [1.165, 1.54) is 19.2 Å². The zero-order valence-electron chi connectivity index (χ0n) is 12.8. The SMILES string of the molecule is CCCN(Cc1cccc(F)c1)Cc1ccc(C(=O)OC)o1. The number of halogens is 1. The lowest BCUT2D eigenvalue weighted by atomic mass is 10.2. The fourth-order valence-corrected chi connectivity index (χ4v) is 2.32. The monoisotopic (exact) mass is 305 g/mol. The summed E-state index contributed by atoms with van der Waals surface area (Å²) < 4.78 is 23.4. The average molecular weight is 305 g/mol. The molecule has 0 bridgehead atoms. The molecular weight excluding hydrogens is 285 g/mol. The second-order valence-corrected chi connectivity index (χ2v) is 5.10.